The number of carbonyl (C=O) groups excluding carboxylic acids is 1. The predicted molar refractivity (Wildman–Crippen MR) is 73.3 cm³/mol. The van der Waals surface area contributed by atoms with Gasteiger partial charge in [0.2, 0.25) is 0 Å². The van der Waals surface area contributed by atoms with Gasteiger partial charge in [0.05, 0.1) is 12.7 Å². The third-order valence-electron chi connectivity index (χ3n) is 2.82. The summed E-state index contributed by atoms with van der Waals surface area (Å²) in [5.41, 5.74) is 1.09. The number of pyridine rings is 2. The summed E-state index contributed by atoms with van der Waals surface area (Å²) >= 11 is 3.30. The van der Waals surface area contributed by atoms with Crippen LogP contribution in [0.4, 0.5) is 5.69 Å². The van der Waals surface area contributed by atoms with E-state index in [1.165, 1.54) is 0 Å². The van der Waals surface area contributed by atoms with Gasteiger partial charge in [-0.2, -0.15) is 0 Å². The smallest absolute Gasteiger partial charge is 0.277 e. The van der Waals surface area contributed by atoms with Crippen LogP contribution in [0.5, 0.6) is 5.75 Å². The minimum Gasteiger partial charge on any atom is -0.489 e. The van der Waals surface area contributed by atoms with Crippen LogP contribution in [-0.4, -0.2) is 29.0 Å². The zero-order chi connectivity index (χ0) is 13.2. The molecule has 0 N–H and O–H groups in total. The molecule has 0 radical (unpaired) electrons. The van der Waals surface area contributed by atoms with Gasteiger partial charge in [0, 0.05) is 22.9 Å². The third-order valence-corrected chi connectivity index (χ3v) is 3.29. The van der Waals surface area contributed by atoms with Crippen LogP contribution >= 0.6 is 15.9 Å². The second-order valence-electron chi connectivity index (χ2n) is 4.01. The van der Waals surface area contributed by atoms with Crippen molar-refractivity contribution in [3.63, 3.8) is 0 Å². The minimum atomic E-state index is -0.148. The summed E-state index contributed by atoms with van der Waals surface area (Å²) in [4.78, 5) is 22.2. The number of anilines is 1. The van der Waals surface area contributed by atoms with Gasteiger partial charge in [-0.15, -0.1) is 0 Å². The second-order valence-corrected chi connectivity index (χ2v) is 4.93. The summed E-state index contributed by atoms with van der Waals surface area (Å²) in [6, 6.07) is 5.24. The number of carbonyl (C=O) groups is 1. The maximum absolute atomic E-state index is 12.4. The number of ether oxygens (including phenoxy) is 1. The Kier molecular flexibility index (Phi) is 3.16. The van der Waals surface area contributed by atoms with Crippen LogP contribution in [0.15, 0.2) is 41.3 Å². The van der Waals surface area contributed by atoms with E-state index < -0.39 is 0 Å². The van der Waals surface area contributed by atoms with Gasteiger partial charge < -0.3 is 4.74 Å². The van der Waals surface area contributed by atoms with Crippen molar-refractivity contribution < 1.29 is 9.53 Å². The normalized spacial score (nSPS) is 13.6. The molecule has 2 aromatic heterocycles. The van der Waals surface area contributed by atoms with Crippen molar-refractivity contribution in [1.29, 1.82) is 0 Å². The van der Waals surface area contributed by atoms with E-state index in [4.69, 9.17) is 4.74 Å². The van der Waals surface area contributed by atoms with Gasteiger partial charge in [-0.1, -0.05) is 0 Å². The first-order chi connectivity index (χ1) is 9.25. The van der Waals surface area contributed by atoms with E-state index in [0.29, 0.717) is 30.3 Å². The average Bonchev–Trinajstić information content (AvgIpc) is 2.47. The van der Waals surface area contributed by atoms with E-state index in [9.17, 15) is 4.79 Å². The molecule has 6 heteroatoms. The molecular formula is C13H10BrN3O2. The zero-order valence-corrected chi connectivity index (χ0v) is 11.5. The Hall–Kier alpha value is -1.95. The fourth-order valence-corrected chi connectivity index (χ4v) is 2.15. The molecule has 96 valence electrons. The lowest BCUT2D eigenvalue weighted by Gasteiger charge is -2.28. The highest BCUT2D eigenvalue weighted by Gasteiger charge is 2.25. The first-order valence-electron chi connectivity index (χ1n) is 5.76. The fraction of sp³-hybridized carbons (Fsp3) is 0.154. The van der Waals surface area contributed by atoms with Crippen LogP contribution in [0.25, 0.3) is 0 Å². The van der Waals surface area contributed by atoms with Crippen LogP contribution in [0.3, 0.4) is 0 Å². The lowest BCUT2D eigenvalue weighted by molar-refractivity contribution is 0.0971. The molecule has 0 unspecified atom stereocenters. The Bertz CT molecular complexity index is 616. The van der Waals surface area contributed by atoms with Gasteiger partial charge in [-0.05, 0) is 28.1 Å². The largest absolute Gasteiger partial charge is 0.489 e. The molecule has 1 aliphatic rings. The predicted octanol–water partition coefficient (Wildman–Crippen LogP) is 2.28. The van der Waals surface area contributed by atoms with Crippen molar-refractivity contribution in [3.8, 4) is 5.75 Å². The molecule has 0 fully saturated rings. The number of nitrogens with zero attached hydrogens (tertiary/aromatic N) is 3. The molecule has 0 aliphatic carbocycles. The molecule has 1 amide bonds. The van der Waals surface area contributed by atoms with Gasteiger partial charge in [-0.25, -0.2) is 4.98 Å². The summed E-state index contributed by atoms with van der Waals surface area (Å²) in [7, 11) is 0. The molecular weight excluding hydrogens is 310 g/mol. The number of aromatic nitrogens is 2. The first kappa shape index (κ1) is 12.1. The molecule has 3 rings (SSSR count). The minimum absolute atomic E-state index is 0.148. The first-order valence-corrected chi connectivity index (χ1v) is 6.55. The van der Waals surface area contributed by atoms with Crippen LogP contribution in [0, 0.1) is 0 Å². The number of amides is 1. The topological polar surface area (TPSA) is 55.3 Å². The molecule has 0 bridgehead atoms. The van der Waals surface area contributed by atoms with Gasteiger partial charge in [-0.3, -0.25) is 14.7 Å². The van der Waals surface area contributed by atoms with E-state index in [1.807, 2.05) is 0 Å². The maximum atomic E-state index is 12.4. The average molecular weight is 320 g/mol. The molecule has 5 nitrogen and oxygen atoms in total. The van der Waals surface area contributed by atoms with E-state index >= 15 is 0 Å². The monoisotopic (exact) mass is 319 g/mol. The van der Waals surface area contributed by atoms with Crippen LogP contribution in [0.1, 0.15) is 10.5 Å². The van der Waals surface area contributed by atoms with Gasteiger partial charge in [0.15, 0.2) is 0 Å². The summed E-state index contributed by atoms with van der Waals surface area (Å²) in [6.45, 7) is 0.967. The summed E-state index contributed by atoms with van der Waals surface area (Å²) in [6.07, 6.45) is 4.88. The highest BCUT2D eigenvalue weighted by molar-refractivity contribution is 9.10. The quantitative estimate of drug-likeness (QED) is 0.809. The maximum Gasteiger partial charge on any atom is 0.277 e. The SMILES string of the molecule is O=C(c1ccc(Br)cn1)N1CCOc2ccncc21. The van der Waals surface area contributed by atoms with E-state index in [-0.39, 0.29) is 5.91 Å². The molecule has 0 spiro atoms. The molecule has 0 atom stereocenters. The van der Waals surface area contributed by atoms with Crippen molar-refractivity contribution in [2.45, 2.75) is 0 Å². The van der Waals surface area contributed by atoms with E-state index in [0.717, 1.165) is 4.47 Å². The fourth-order valence-electron chi connectivity index (χ4n) is 1.92. The Morgan fingerprint density at radius 1 is 1.32 bits per heavy atom. The second kappa shape index (κ2) is 4.97. The molecule has 0 aromatic carbocycles. The Labute approximate surface area is 118 Å². The van der Waals surface area contributed by atoms with Gasteiger partial charge in [0.1, 0.15) is 23.7 Å². The summed E-state index contributed by atoms with van der Waals surface area (Å²) < 4.78 is 6.34. The Morgan fingerprint density at radius 2 is 2.21 bits per heavy atom. The van der Waals surface area contributed by atoms with Crippen LogP contribution in [0.2, 0.25) is 0 Å². The van der Waals surface area contributed by atoms with Crippen molar-refractivity contribution in [2.24, 2.45) is 0 Å². The highest BCUT2D eigenvalue weighted by Crippen LogP contribution is 2.30. The number of fused-ring (bicyclic) bond motifs is 1. The molecule has 19 heavy (non-hydrogen) atoms. The lowest BCUT2D eigenvalue weighted by atomic mass is 10.2. The number of hydrogen-bond acceptors (Lipinski definition) is 4. The van der Waals surface area contributed by atoms with Crippen LogP contribution in [-0.2, 0) is 0 Å². The summed E-state index contributed by atoms with van der Waals surface area (Å²) in [5, 5.41) is 0. The summed E-state index contributed by atoms with van der Waals surface area (Å²) in [5.74, 6) is 0.525. The van der Waals surface area contributed by atoms with E-state index in [2.05, 4.69) is 25.9 Å². The number of halogens is 1. The molecule has 3 heterocycles. The molecule has 0 saturated heterocycles. The van der Waals surface area contributed by atoms with Crippen molar-refractivity contribution in [1.82, 2.24) is 9.97 Å². The molecule has 2 aromatic rings. The Morgan fingerprint density at radius 3 is 3.00 bits per heavy atom. The highest BCUT2D eigenvalue weighted by atomic mass is 79.9. The number of rotatable bonds is 1. The third kappa shape index (κ3) is 2.31. The zero-order valence-electron chi connectivity index (χ0n) is 9.91. The molecule has 1 aliphatic heterocycles. The van der Waals surface area contributed by atoms with Gasteiger partial charge >= 0.3 is 0 Å². The standard InChI is InChI=1S/C13H10BrN3O2/c14-9-1-2-10(16-7-9)13(18)17-5-6-19-12-3-4-15-8-11(12)17/h1-4,7-8H,5-6H2. The number of hydrogen-bond donors (Lipinski definition) is 0. The van der Waals surface area contributed by atoms with Crippen molar-refractivity contribution in [2.75, 3.05) is 18.1 Å². The molecule has 0 saturated carbocycles. The van der Waals surface area contributed by atoms with E-state index in [1.54, 1.807) is 41.7 Å². The van der Waals surface area contributed by atoms with Crippen molar-refractivity contribution >= 4 is 27.5 Å². The van der Waals surface area contributed by atoms with Crippen LogP contribution < -0.4 is 9.64 Å². The van der Waals surface area contributed by atoms with Gasteiger partial charge in [0.25, 0.3) is 5.91 Å². The van der Waals surface area contributed by atoms with Crippen molar-refractivity contribution in [3.05, 3.63) is 47.0 Å². The Balaban J connectivity index is 1.95. The lowest BCUT2D eigenvalue weighted by Crippen LogP contribution is -2.38.